The number of aromatic nitrogens is 2. The van der Waals surface area contributed by atoms with Gasteiger partial charge in [0.05, 0.1) is 0 Å². The topological polar surface area (TPSA) is 61.0 Å². The van der Waals surface area contributed by atoms with Crippen molar-refractivity contribution in [3.05, 3.63) is 5.82 Å². The van der Waals surface area contributed by atoms with Gasteiger partial charge in [-0.3, -0.25) is 0 Å². The highest BCUT2D eigenvalue weighted by Crippen LogP contribution is 2.39. The highest BCUT2D eigenvalue weighted by molar-refractivity contribution is 7.07. The predicted molar refractivity (Wildman–Crippen MR) is 60.3 cm³/mol. The van der Waals surface area contributed by atoms with E-state index in [1.165, 1.54) is 24.4 Å². The van der Waals surface area contributed by atoms with Gasteiger partial charge in [0.2, 0.25) is 0 Å². The van der Waals surface area contributed by atoms with E-state index in [2.05, 4.69) is 16.3 Å². The van der Waals surface area contributed by atoms with E-state index in [9.17, 15) is 0 Å². The molecule has 0 aliphatic heterocycles. The average Bonchev–Trinajstić information content (AvgIpc) is 2.96. The van der Waals surface area contributed by atoms with Gasteiger partial charge < -0.3 is 10.5 Å². The van der Waals surface area contributed by atoms with Crippen molar-refractivity contribution in [3.63, 3.8) is 0 Å². The molecule has 2 rings (SSSR count). The Balaban J connectivity index is 1.87. The molecule has 1 atom stereocenters. The summed E-state index contributed by atoms with van der Waals surface area (Å²) in [6.45, 7) is 4.54. The molecule has 1 aliphatic rings. The Morgan fingerprint density at radius 1 is 1.60 bits per heavy atom. The number of hydrogen-bond donors (Lipinski definition) is 1. The fourth-order valence-corrected chi connectivity index (χ4v) is 1.72. The minimum absolute atomic E-state index is 0.272. The minimum atomic E-state index is -0.272. The summed E-state index contributed by atoms with van der Waals surface area (Å²) in [5.74, 6) is 1.54. The smallest absolute Gasteiger partial charge is 0.293 e. The Bertz CT molecular complexity index is 333. The lowest BCUT2D eigenvalue weighted by molar-refractivity contribution is 0.225. The Labute approximate surface area is 94.0 Å². The Morgan fingerprint density at radius 2 is 2.33 bits per heavy atom. The second kappa shape index (κ2) is 4.06. The number of ether oxygens (including phenoxy) is 1. The molecule has 84 valence electrons. The zero-order chi connectivity index (χ0) is 10.9. The fraction of sp³-hybridized carbons (Fsp3) is 0.800. The number of rotatable bonds is 5. The normalized spacial score (nSPS) is 19.9. The van der Waals surface area contributed by atoms with E-state index in [0.717, 1.165) is 12.2 Å². The van der Waals surface area contributed by atoms with Crippen LogP contribution < -0.4 is 10.5 Å². The van der Waals surface area contributed by atoms with Crippen molar-refractivity contribution in [2.75, 3.05) is 6.61 Å². The first-order valence-electron chi connectivity index (χ1n) is 5.36. The van der Waals surface area contributed by atoms with Crippen molar-refractivity contribution in [2.45, 2.75) is 44.6 Å². The van der Waals surface area contributed by atoms with Crippen LogP contribution in [0.15, 0.2) is 0 Å². The Kier molecular flexibility index (Phi) is 2.93. The third-order valence-corrected chi connectivity index (χ3v) is 3.34. The number of nitrogens with zero attached hydrogens (tertiary/aromatic N) is 2. The average molecular weight is 227 g/mol. The van der Waals surface area contributed by atoms with Gasteiger partial charge in [0.1, 0.15) is 12.4 Å². The van der Waals surface area contributed by atoms with Crippen molar-refractivity contribution >= 4 is 11.5 Å². The SMILES string of the molecule is CCC(C)(N)COc1nc(C2CC2)ns1. The maximum Gasteiger partial charge on any atom is 0.293 e. The van der Waals surface area contributed by atoms with Crippen LogP contribution in [0.4, 0.5) is 0 Å². The number of hydrogen-bond acceptors (Lipinski definition) is 5. The van der Waals surface area contributed by atoms with Gasteiger partial charge in [0.25, 0.3) is 5.19 Å². The summed E-state index contributed by atoms with van der Waals surface area (Å²) in [4.78, 5) is 4.34. The summed E-state index contributed by atoms with van der Waals surface area (Å²) >= 11 is 1.33. The lowest BCUT2D eigenvalue weighted by Gasteiger charge is -2.21. The maximum atomic E-state index is 5.97. The summed E-state index contributed by atoms with van der Waals surface area (Å²) in [7, 11) is 0. The van der Waals surface area contributed by atoms with Crippen LogP contribution in [0.5, 0.6) is 5.19 Å². The molecular weight excluding hydrogens is 210 g/mol. The second-order valence-corrected chi connectivity index (χ2v) is 5.20. The van der Waals surface area contributed by atoms with Crippen molar-refractivity contribution in [1.29, 1.82) is 0 Å². The van der Waals surface area contributed by atoms with E-state index in [1.807, 2.05) is 6.92 Å². The zero-order valence-electron chi connectivity index (χ0n) is 9.19. The highest BCUT2D eigenvalue weighted by atomic mass is 32.1. The van der Waals surface area contributed by atoms with Crippen LogP contribution in [0.3, 0.4) is 0 Å². The van der Waals surface area contributed by atoms with Crippen molar-refractivity contribution in [2.24, 2.45) is 5.73 Å². The van der Waals surface area contributed by atoms with Crippen LogP contribution >= 0.6 is 11.5 Å². The van der Waals surface area contributed by atoms with E-state index in [1.54, 1.807) is 0 Å². The van der Waals surface area contributed by atoms with Crippen molar-refractivity contribution in [1.82, 2.24) is 9.36 Å². The first-order valence-corrected chi connectivity index (χ1v) is 6.13. The number of nitrogens with two attached hydrogens (primary N) is 1. The van der Waals surface area contributed by atoms with Crippen LogP contribution in [0.1, 0.15) is 44.9 Å². The summed E-state index contributed by atoms with van der Waals surface area (Å²) in [6, 6.07) is 0. The van der Waals surface area contributed by atoms with E-state index in [0.29, 0.717) is 17.7 Å². The zero-order valence-corrected chi connectivity index (χ0v) is 10.0. The van der Waals surface area contributed by atoms with E-state index < -0.39 is 0 Å². The van der Waals surface area contributed by atoms with Crippen molar-refractivity contribution in [3.8, 4) is 5.19 Å². The molecule has 15 heavy (non-hydrogen) atoms. The predicted octanol–water partition coefficient (Wildman–Crippen LogP) is 1.92. The van der Waals surface area contributed by atoms with E-state index >= 15 is 0 Å². The lowest BCUT2D eigenvalue weighted by atomic mass is 10.0. The van der Waals surface area contributed by atoms with Gasteiger partial charge in [-0.1, -0.05) is 6.92 Å². The van der Waals surface area contributed by atoms with Crippen LogP contribution in [0.2, 0.25) is 0 Å². The quantitative estimate of drug-likeness (QED) is 0.835. The van der Waals surface area contributed by atoms with Crippen molar-refractivity contribution < 1.29 is 4.74 Å². The molecule has 0 amide bonds. The monoisotopic (exact) mass is 227 g/mol. The first-order chi connectivity index (χ1) is 7.11. The van der Waals surface area contributed by atoms with Crippen LogP contribution in [-0.2, 0) is 0 Å². The van der Waals surface area contributed by atoms with Gasteiger partial charge in [0, 0.05) is 23.0 Å². The van der Waals surface area contributed by atoms with Crippen LogP contribution in [0, 0.1) is 0 Å². The van der Waals surface area contributed by atoms with Gasteiger partial charge in [-0.15, -0.1) is 0 Å². The second-order valence-electron chi connectivity index (χ2n) is 4.49. The van der Waals surface area contributed by atoms with Crippen LogP contribution in [-0.4, -0.2) is 21.5 Å². The first kappa shape index (κ1) is 10.8. The molecule has 1 aromatic heterocycles. The van der Waals surface area contributed by atoms with Gasteiger partial charge in [-0.2, -0.15) is 9.36 Å². The Hall–Kier alpha value is -0.680. The molecule has 5 heteroatoms. The molecule has 1 fully saturated rings. The molecule has 2 N–H and O–H groups in total. The van der Waals surface area contributed by atoms with Gasteiger partial charge in [-0.25, -0.2) is 0 Å². The van der Waals surface area contributed by atoms with E-state index in [4.69, 9.17) is 10.5 Å². The van der Waals surface area contributed by atoms with Gasteiger partial charge in [0.15, 0.2) is 0 Å². The summed E-state index contributed by atoms with van der Waals surface area (Å²) < 4.78 is 9.81. The van der Waals surface area contributed by atoms with Crippen LogP contribution in [0.25, 0.3) is 0 Å². The summed E-state index contributed by atoms with van der Waals surface area (Å²) in [5, 5.41) is 0.655. The highest BCUT2D eigenvalue weighted by Gasteiger charge is 2.28. The molecule has 0 radical (unpaired) electrons. The fourth-order valence-electron chi connectivity index (χ4n) is 1.11. The molecule has 0 bridgehead atoms. The molecule has 0 spiro atoms. The molecule has 0 aromatic carbocycles. The minimum Gasteiger partial charge on any atom is -0.467 e. The third-order valence-electron chi connectivity index (χ3n) is 2.70. The summed E-state index contributed by atoms with van der Waals surface area (Å²) in [6.07, 6.45) is 3.33. The lowest BCUT2D eigenvalue weighted by Crippen LogP contribution is -2.41. The molecule has 1 aliphatic carbocycles. The molecule has 1 aromatic rings. The molecular formula is C10H17N3OS. The molecule has 1 heterocycles. The van der Waals surface area contributed by atoms with E-state index in [-0.39, 0.29) is 5.54 Å². The molecule has 1 unspecified atom stereocenters. The van der Waals surface area contributed by atoms with Gasteiger partial charge >= 0.3 is 0 Å². The molecule has 1 saturated carbocycles. The third kappa shape index (κ3) is 2.89. The maximum absolute atomic E-state index is 5.97. The molecule has 0 saturated heterocycles. The molecule has 4 nitrogen and oxygen atoms in total. The Morgan fingerprint density at radius 3 is 2.93 bits per heavy atom. The largest absolute Gasteiger partial charge is 0.467 e. The standard InChI is InChI=1S/C10H17N3OS/c1-3-10(2,11)6-14-9-12-8(13-15-9)7-4-5-7/h7H,3-6,11H2,1-2H3. The summed E-state index contributed by atoms with van der Waals surface area (Å²) in [5.41, 5.74) is 5.70. The van der Waals surface area contributed by atoms with Gasteiger partial charge in [-0.05, 0) is 26.2 Å².